The molecule has 1 aromatic heterocycles. The first-order chi connectivity index (χ1) is 13.9. The third-order valence-electron chi connectivity index (χ3n) is 4.55. The molecular formula is C22H24ClN3O3. The summed E-state index contributed by atoms with van der Waals surface area (Å²) < 4.78 is 11.2. The zero-order valence-electron chi connectivity index (χ0n) is 17.0. The van der Waals surface area contributed by atoms with Crippen molar-refractivity contribution in [1.82, 2.24) is 15.0 Å². The molecule has 0 fully saturated rings. The number of hydrogen-bond acceptors (Lipinski definition) is 5. The van der Waals surface area contributed by atoms with E-state index in [0.717, 1.165) is 16.7 Å². The van der Waals surface area contributed by atoms with Gasteiger partial charge < -0.3 is 14.2 Å². The maximum atomic E-state index is 12.8. The molecule has 7 heteroatoms. The van der Waals surface area contributed by atoms with Crippen LogP contribution in [-0.4, -0.2) is 34.1 Å². The minimum absolute atomic E-state index is 0.157. The lowest BCUT2D eigenvalue weighted by atomic mass is 10.1. The fourth-order valence-electron chi connectivity index (χ4n) is 2.91. The van der Waals surface area contributed by atoms with E-state index >= 15 is 0 Å². The molecule has 29 heavy (non-hydrogen) atoms. The van der Waals surface area contributed by atoms with Gasteiger partial charge in [0.25, 0.3) is 5.91 Å². The Labute approximate surface area is 175 Å². The third kappa shape index (κ3) is 5.15. The highest BCUT2D eigenvalue weighted by Crippen LogP contribution is 2.23. The molecule has 3 aromatic rings. The maximum Gasteiger partial charge on any atom is 0.263 e. The van der Waals surface area contributed by atoms with Gasteiger partial charge in [0.2, 0.25) is 11.7 Å². The van der Waals surface area contributed by atoms with Crippen LogP contribution in [0.25, 0.3) is 11.4 Å². The molecule has 0 unspecified atom stereocenters. The summed E-state index contributed by atoms with van der Waals surface area (Å²) in [5.41, 5.74) is 2.89. The number of benzene rings is 2. The zero-order chi connectivity index (χ0) is 21.0. The minimum atomic E-state index is -0.611. The summed E-state index contributed by atoms with van der Waals surface area (Å²) in [4.78, 5) is 18.8. The number of carbonyl (C=O) groups excluding carboxylic acids is 1. The van der Waals surface area contributed by atoms with Gasteiger partial charge in [-0.15, -0.1) is 0 Å². The van der Waals surface area contributed by atoms with Gasteiger partial charge in [0.1, 0.15) is 5.75 Å². The van der Waals surface area contributed by atoms with E-state index in [1.807, 2.05) is 51.1 Å². The average Bonchev–Trinajstić information content (AvgIpc) is 3.16. The fourth-order valence-corrected chi connectivity index (χ4v) is 3.03. The van der Waals surface area contributed by atoms with Gasteiger partial charge >= 0.3 is 0 Å². The van der Waals surface area contributed by atoms with E-state index in [-0.39, 0.29) is 12.5 Å². The smallest absolute Gasteiger partial charge is 0.263 e. The van der Waals surface area contributed by atoms with E-state index in [9.17, 15) is 4.79 Å². The number of halogens is 1. The Morgan fingerprint density at radius 2 is 2.03 bits per heavy atom. The van der Waals surface area contributed by atoms with Crippen LogP contribution < -0.4 is 4.74 Å². The van der Waals surface area contributed by atoms with E-state index in [4.69, 9.17) is 20.9 Å². The van der Waals surface area contributed by atoms with E-state index in [1.165, 1.54) is 4.90 Å². The predicted octanol–water partition coefficient (Wildman–Crippen LogP) is 4.82. The third-order valence-corrected chi connectivity index (χ3v) is 4.97. The SMILES string of the molecule is CC[C@H](Oc1ccc(Cl)c(C)c1)C(=O)N(C)Cc1nc(-c2cccc(C)c2)no1. The molecule has 0 saturated heterocycles. The normalized spacial score (nSPS) is 11.9. The van der Waals surface area contributed by atoms with Gasteiger partial charge in [-0.1, -0.05) is 47.4 Å². The molecular weight excluding hydrogens is 390 g/mol. The lowest BCUT2D eigenvalue weighted by Gasteiger charge is -2.23. The van der Waals surface area contributed by atoms with E-state index in [0.29, 0.717) is 28.9 Å². The van der Waals surface area contributed by atoms with Crippen LogP contribution in [0.1, 0.15) is 30.4 Å². The molecule has 0 radical (unpaired) electrons. The van der Waals surface area contributed by atoms with Crippen LogP contribution in [0.5, 0.6) is 5.75 Å². The highest BCUT2D eigenvalue weighted by Gasteiger charge is 2.24. The number of amides is 1. The van der Waals surface area contributed by atoms with Crippen LogP contribution in [0.2, 0.25) is 5.02 Å². The molecule has 0 spiro atoms. The van der Waals surface area contributed by atoms with Gasteiger partial charge in [0.05, 0.1) is 6.54 Å². The number of nitrogens with zero attached hydrogens (tertiary/aromatic N) is 3. The Kier molecular flexibility index (Phi) is 6.54. The lowest BCUT2D eigenvalue weighted by Crippen LogP contribution is -2.39. The second-order valence-electron chi connectivity index (χ2n) is 7.00. The van der Waals surface area contributed by atoms with Crippen molar-refractivity contribution in [3.8, 4) is 17.1 Å². The van der Waals surface area contributed by atoms with Gasteiger partial charge in [-0.2, -0.15) is 4.98 Å². The fraction of sp³-hybridized carbons (Fsp3) is 0.318. The average molecular weight is 414 g/mol. The van der Waals surface area contributed by atoms with Crippen LogP contribution in [0, 0.1) is 13.8 Å². The van der Waals surface area contributed by atoms with Crippen LogP contribution in [-0.2, 0) is 11.3 Å². The summed E-state index contributed by atoms with van der Waals surface area (Å²) in [6, 6.07) is 13.2. The highest BCUT2D eigenvalue weighted by atomic mass is 35.5. The Balaban J connectivity index is 1.66. The summed E-state index contributed by atoms with van der Waals surface area (Å²) in [5, 5.41) is 4.68. The molecule has 2 aromatic carbocycles. The Morgan fingerprint density at radius 3 is 2.72 bits per heavy atom. The molecule has 0 aliphatic heterocycles. The molecule has 1 atom stereocenters. The molecule has 0 bridgehead atoms. The molecule has 1 amide bonds. The summed E-state index contributed by atoms with van der Waals surface area (Å²) in [6.07, 6.45) is -0.0804. The number of aromatic nitrogens is 2. The summed E-state index contributed by atoms with van der Waals surface area (Å²) in [7, 11) is 1.69. The zero-order valence-corrected chi connectivity index (χ0v) is 17.7. The molecule has 0 N–H and O–H groups in total. The van der Waals surface area contributed by atoms with Gasteiger partial charge in [0.15, 0.2) is 6.10 Å². The first-order valence-electron chi connectivity index (χ1n) is 9.44. The largest absolute Gasteiger partial charge is 0.481 e. The van der Waals surface area contributed by atoms with Gasteiger partial charge in [-0.3, -0.25) is 4.79 Å². The van der Waals surface area contributed by atoms with Crippen molar-refractivity contribution in [2.24, 2.45) is 0 Å². The second kappa shape index (κ2) is 9.09. The van der Waals surface area contributed by atoms with Crippen LogP contribution in [0.3, 0.4) is 0 Å². The summed E-state index contributed by atoms with van der Waals surface area (Å²) in [5.74, 6) is 1.33. The number of rotatable bonds is 7. The first kappa shape index (κ1) is 20.9. The molecule has 0 saturated carbocycles. The van der Waals surface area contributed by atoms with Crippen molar-refractivity contribution in [2.45, 2.75) is 39.8 Å². The Bertz CT molecular complexity index is 1000. The van der Waals surface area contributed by atoms with Gasteiger partial charge in [-0.05, 0) is 50.1 Å². The highest BCUT2D eigenvalue weighted by molar-refractivity contribution is 6.31. The maximum absolute atomic E-state index is 12.8. The number of aryl methyl sites for hydroxylation is 2. The summed E-state index contributed by atoms with van der Waals surface area (Å²) in [6.45, 7) is 6.01. The van der Waals surface area contributed by atoms with E-state index in [1.54, 1.807) is 19.2 Å². The van der Waals surface area contributed by atoms with Gasteiger partial charge in [-0.25, -0.2) is 0 Å². The van der Waals surface area contributed by atoms with Crippen molar-refractivity contribution in [3.05, 3.63) is 64.5 Å². The topological polar surface area (TPSA) is 68.5 Å². The Hall–Kier alpha value is -2.86. The summed E-state index contributed by atoms with van der Waals surface area (Å²) >= 11 is 6.06. The van der Waals surface area contributed by atoms with Crippen molar-refractivity contribution >= 4 is 17.5 Å². The molecule has 0 aliphatic rings. The number of likely N-dealkylation sites (N-methyl/N-ethyl adjacent to an activating group) is 1. The Morgan fingerprint density at radius 1 is 1.24 bits per heavy atom. The molecule has 0 aliphatic carbocycles. The predicted molar refractivity (Wildman–Crippen MR) is 112 cm³/mol. The number of hydrogen-bond donors (Lipinski definition) is 0. The molecule has 6 nitrogen and oxygen atoms in total. The van der Waals surface area contributed by atoms with Gasteiger partial charge in [0, 0.05) is 17.6 Å². The first-order valence-corrected chi connectivity index (χ1v) is 9.82. The number of carbonyl (C=O) groups is 1. The van der Waals surface area contributed by atoms with E-state index in [2.05, 4.69) is 10.1 Å². The van der Waals surface area contributed by atoms with Crippen LogP contribution in [0.15, 0.2) is 47.0 Å². The van der Waals surface area contributed by atoms with Crippen molar-refractivity contribution in [1.29, 1.82) is 0 Å². The van der Waals surface area contributed by atoms with Crippen LogP contribution in [0.4, 0.5) is 0 Å². The van der Waals surface area contributed by atoms with Crippen molar-refractivity contribution < 1.29 is 14.1 Å². The quantitative estimate of drug-likeness (QED) is 0.555. The van der Waals surface area contributed by atoms with Crippen molar-refractivity contribution in [2.75, 3.05) is 7.05 Å². The molecule has 1 heterocycles. The van der Waals surface area contributed by atoms with E-state index < -0.39 is 6.10 Å². The number of ether oxygens (including phenoxy) is 1. The van der Waals surface area contributed by atoms with Crippen LogP contribution >= 0.6 is 11.6 Å². The molecule has 152 valence electrons. The monoisotopic (exact) mass is 413 g/mol. The standard InChI is InChI=1S/C22H24ClN3O3/c1-5-19(28-17-9-10-18(23)15(3)12-17)22(27)26(4)13-20-24-21(25-29-20)16-8-6-7-14(2)11-16/h6-12,19H,5,13H2,1-4H3/t19-/m0/s1. The second-order valence-corrected chi connectivity index (χ2v) is 7.41. The minimum Gasteiger partial charge on any atom is -0.481 e. The molecule has 3 rings (SSSR count). The van der Waals surface area contributed by atoms with Crippen molar-refractivity contribution in [3.63, 3.8) is 0 Å². The lowest BCUT2D eigenvalue weighted by molar-refractivity contribution is -0.138.